The van der Waals surface area contributed by atoms with Crippen LogP contribution in [-0.4, -0.2) is 19.1 Å². The summed E-state index contributed by atoms with van der Waals surface area (Å²) in [5.41, 5.74) is 4.43. The highest BCUT2D eigenvalue weighted by atomic mass is 16.5. The molecule has 1 amide bonds. The standard InChI is InChI=1S/C21H28N2O3/c1-25-19-7-6-13(12-20(19)26-18-4-2-3-5-18)14-8-15-10-17(21(24)23-22)11-16(15)9-14/h6-7,10,12,14-16,18H,2-5,8-9,11,22H2,1H3,(H,23,24)/t14-,15+,16-/m1/s1. The first-order valence-electron chi connectivity index (χ1n) is 9.74. The van der Waals surface area contributed by atoms with Crippen LogP contribution in [0, 0.1) is 11.8 Å². The van der Waals surface area contributed by atoms with Crippen molar-refractivity contribution < 1.29 is 14.3 Å². The molecule has 0 spiro atoms. The number of hydrogen-bond acceptors (Lipinski definition) is 4. The van der Waals surface area contributed by atoms with Crippen LogP contribution in [0.1, 0.15) is 56.4 Å². The second-order valence-electron chi connectivity index (χ2n) is 7.90. The van der Waals surface area contributed by atoms with Crippen LogP contribution in [-0.2, 0) is 4.79 Å². The predicted octanol–water partition coefficient (Wildman–Crippen LogP) is 3.45. The molecule has 140 valence electrons. The summed E-state index contributed by atoms with van der Waals surface area (Å²) in [5, 5.41) is 0. The van der Waals surface area contributed by atoms with Crippen molar-refractivity contribution in [1.29, 1.82) is 0 Å². The van der Waals surface area contributed by atoms with E-state index < -0.39 is 0 Å². The zero-order valence-corrected chi connectivity index (χ0v) is 15.4. The fraction of sp³-hybridized carbons (Fsp3) is 0.571. The van der Waals surface area contributed by atoms with Crippen LogP contribution in [0.2, 0.25) is 0 Å². The van der Waals surface area contributed by atoms with Gasteiger partial charge in [0.25, 0.3) is 5.91 Å². The minimum absolute atomic E-state index is 0.132. The Balaban J connectivity index is 1.48. The van der Waals surface area contributed by atoms with E-state index in [2.05, 4.69) is 23.6 Å². The fourth-order valence-electron chi connectivity index (χ4n) is 4.96. The van der Waals surface area contributed by atoms with Crippen molar-refractivity contribution in [1.82, 2.24) is 5.43 Å². The van der Waals surface area contributed by atoms with Gasteiger partial charge in [-0.1, -0.05) is 12.1 Å². The van der Waals surface area contributed by atoms with E-state index >= 15 is 0 Å². The maximum absolute atomic E-state index is 11.7. The summed E-state index contributed by atoms with van der Waals surface area (Å²) in [5.74, 6) is 8.38. The average molecular weight is 356 g/mol. The van der Waals surface area contributed by atoms with Crippen molar-refractivity contribution in [3.05, 3.63) is 35.4 Å². The number of nitrogens with one attached hydrogen (secondary N) is 1. The smallest absolute Gasteiger partial charge is 0.260 e. The molecule has 0 saturated heterocycles. The van der Waals surface area contributed by atoms with Gasteiger partial charge < -0.3 is 9.47 Å². The van der Waals surface area contributed by atoms with Crippen LogP contribution >= 0.6 is 0 Å². The highest BCUT2D eigenvalue weighted by Gasteiger charge is 2.39. The molecule has 26 heavy (non-hydrogen) atoms. The highest BCUT2D eigenvalue weighted by molar-refractivity contribution is 5.93. The molecule has 0 radical (unpaired) electrons. The van der Waals surface area contributed by atoms with E-state index in [1.807, 2.05) is 6.07 Å². The molecule has 4 rings (SSSR count). The second-order valence-corrected chi connectivity index (χ2v) is 7.90. The Morgan fingerprint density at radius 1 is 1.19 bits per heavy atom. The monoisotopic (exact) mass is 356 g/mol. The lowest BCUT2D eigenvalue weighted by Crippen LogP contribution is -2.31. The molecule has 0 aliphatic heterocycles. The molecule has 0 unspecified atom stereocenters. The second kappa shape index (κ2) is 7.31. The number of amides is 1. The van der Waals surface area contributed by atoms with E-state index in [0.29, 0.717) is 23.9 Å². The third-order valence-corrected chi connectivity index (χ3v) is 6.32. The van der Waals surface area contributed by atoms with Gasteiger partial charge in [-0.05, 0) is 80.4 Å². The number of ether oxygens (including phenoxy) is 2. The molecule has 0 aromatic heterocycles. The summed E-state index contributed by atoms with van der Waals surface area (Å²) in [6, 6.07) is 6.39. The molecular weight excluding hydrogens is 328 g/mol. The quantitative estimate of drug-likeness (QED) is 0.481. The van der Waals surface area contributed by atoms with Gasteiger partial charge in [0, 0.05) is 5.57 Å². The summed E-state index contributed by atoms with van der Waals surface area (Å²) in [4.78, 5) is 11.7. The number of carbonyl (C=O) groups is 1. The zero-order chi connectivity index (χ0) is 18.1. The van der Waals surface area contributed by atoms with Crippen LogP contribution < -0.4 is 20.7 Å². The van der Waals surface area contributed by atoms with Gasteiger partial charge in [-0.25, -0.2) is 5.84 Å². The van der Waals surface area contributed by atoms with Crippen molar-refractivity contribution in [3.63, 3.8) is 0 Å². The Labute approximate surface area is 154 Å². The predicted molar refractivity (Wildman–Crippen MR) is 99.9 cm³/mol. The topological polar surface area (TPSA) is 73.6 Å². The number of allylic oxidation sites excluding steroid dienone is 1. The highest BCUT2D eigenvalue weighted by Crippen LogP contribution is 2.50. The number of hydrogen-bond donors (Lipinski definition) is 2. The van der Waals surface area contributed by atoms with Crippen LogP contribution in [0.4, 0.5) is 0 Å². The maximum atomic E-state index is 11.7. The van der Waals surface area contributed by atoms with E-state index in [0.717, 1.165) is 49.2 Å². The maximum Gasteiger partial charge on any atom is 0.260 e. The average Bonchev–Trinajstić information content (AvgIpc) is 3.37. The molecular formula is C21H28N2O3. The summed E-state index contributed by atoms with van der Waals surface area (Å²) in [6.07, 6.45) is 10.3. The first-order valence-corrected chi connectivity index (χ1v) is 9.74. The number of benzene rings is 1. The third kappa shape index (κ3) is 3.32. The van der Waals surface area contributed by atoms with Gasteiger partial charge in [0.2, 0.25) is 0 Å². The molecule has 0 bridgehead atoms. The Morgan fingerprint density at radius 3 is 2.69 bits per heavy atom. The number of methoxy groups -OCH3 is 1. The summed E-state index contributed by atoms with van der Waals surface area (Å²) in [6.45, 7) is 0. The fourth-order valence-corrected chi connectivity index (χ4v) is 4.96. The number of hydrazine groups is 1. The Morgan fingerprint density at radius 2 is 2.00 bits per heavy atom. The largest absolute Gasteiger partial charge is 0.493 e. The summed E-state index contributed by atoms with van der Waals surface area (Å²) in [7, 11) is 1.70. The zero-order valence-electron chi connectivity index (χ0n) is 15.4. The molecule has 5 heteroatoms. The van der Waals surface area contributed by atoms with Gasteiger partial charge in [0.15, 0.2) is 11.5 Å². The molecule has 2 saturated carbocycles. The van der Waals surface area contributed by atoms with Gasteiger partial charge >= 0.3 is 0 Å². The molecule has 1 aromatic carbocycles. The van der Waals surface area contributed by atoms with Crippen LogP contribution in [0.3, 0.4) is 0 Å². The van der Waals surface area contributed by atoms with Crippen molar-refractivity contribution in [2.75, 3.05) is 7.11 Å². The van der Waals surface area contributed by atoms with Gasteiger partial charge in [0.05, 0.1) is 13.2 Å². The minimum atomic E-state index is -0.132. The normalized spacial score (nSPS) is 27.9. The minimum Gasteiger partial charge on any atom is -0.493 e. The first kappa shape index (κ1) is 17.4. The number of rotatable bonds is 5. The van der Waals surface area contributed by atoms with Crippen LogP contribution in [0.5, 0.6) is 11.5 Å². The van der Waals surface area contributed by atoms with E-state index in [1.54, 1.807) is 7.11 Å². The number of carbonyl (C=O) groups excluding carboxylic acids is 1. The number of nitrogens with two attached hydrogens (primary N) is 1. The number of fused-ring (bicyclic) bond motifs is 1. The van der Waals surface area contributed by atoms with E-state index in [9.17, 15) is 4.79 Å². The lowest BCUT2D eigenvalue weighted by Gasteiger charge is -2.19. The lowest BCUT2D eigenvalue weighted by molar-refractivity contribution is -0.117. The summed E-state index contributed by atoms with van der Waals surface area (Å²) < 4.78 is 11.8. The third-order valence-electron chi connectivity index (χ3n) is 6.32. The molecule has 1 aromatic rings. The van der Waals surface area contributed by atoms with Crippen molar-refractivity contribution >= 4 is 5.91 Å². The van der Waals surface area contributed by atoms with Crippen molar-refractivity contribution in [2.45, 2.75) is 57.0 Å². The molecule has 3 aliphatic carbocycles. The molecule has 3 atom stereocenters. The molecule has 3 N–H and O–H groups in total. The van der Waals surface area contributed by atoms with Gasteiger partial charge in [-0.2, -0.15) is 0 Å². The van der Waals surface area contributed by atoms with E-state index in [1.165, 1.54) is 18.4 Å². The lowest BCUT2D eigenvalue weighted by atomic mass is 9.94. The molecule has 2 fully saturated rings. The van der Waals surface area contributed by atoms with Crippen LogP contribution in [0.25, 0.3) is 0 Å². The van der Waals surface area contributed by atoms with Crippen molar-refractivity contribution in [2.24, 2.45) is 17.7 Å². The first-order chi connectivity index (χ1) is 12.7. The van der Waals surface area contributed by atoms with Crippen LogP contribution in [0.15, 0.2) is 29.8 Å². The van der Waals surface area contributed by atoms with Crippen molar-refractivity contribution in [3.8, 4) is 11.5 Å². The Hall–Kier alpha value is -2.01. The molecule has 0 heterocycles. The molecule has 3 aliphatic rings. The van der Waals surface area contributed by atoms with Gasteiger partial charge in [0.1, 0.15) is 0 Å². The summed E-state index contributed by atoms with van der Waals surface area (Å²) >= 11 is 0. The van der Waals surface area contributed by atoms with Gasteiger partial charge in [-0.3, -0.25) is 10.2 Å². The SMILES string of the molecule is COc1ccc([C@H]2C[C@@H]3CC(C(=O)NN)=C[C@@H]3C2)cc1OC1CCCC1. The van der Waals surface area contributed by atoms with Gasteiger partial charge in [-0.15, -0.1) is 0 Å². The van der Waals surface area contributed by atoms with E-state index in [4.69, 9.17) is 15.3 Å². The molecule has 5 nitrogen and oxygen atoms in total. The Bertz CT molecular complexity index is 709. The van der Waals surface area contributed by atoms with E-state index in [-0.39, 0.29) is 5.91 Å². The Kier molecular flexibility index (Phi) is 4.90.